The van der Waals surface area contributed by atoms with Crippen LogP contribution in [-0.4, -0.2) is 29.0 Å². The van der Waals surface area contributed by atoms with E-state index in [2.05, 4.69) is 37.6 Å². The van der Waals surface area contributed by atoms with E-state index in [0.29, 0.717) is 12.2 Å². The quantitative estimate of drug-likeness (QED) is 0.659. The van der Waals surface area contributed by atoms with Gasteiger partial charge < -0.3 is 15.5 Å². The molecule has 0 radical (unpaired) electrons. The second-order valence-corrected chi connectivity index (χ2v) is 7.15. The van der Waals surface area contributed by atoms with Gasteiger partial charge in [0.15, 0.2) is 0 Å². The maximum absolute atomic E-state index is 12.6. The van der Waals surface area contributed by atoms with Crippen molar-refractivity contribution in [2.24, 2.45) is 0 Å². The van der Waals surface area contributed by atoms with E-state index in [4.69, 9.17) is 0 Å². The van der Waals surface area contributed by atoms with Crippen molar-refractivity contribution in [3.63, 3.8) is 0 Å². The molecule has 1 aliphatic rings. The molecule has 1 aliphatic heterocycles. The summed E-state index contributed by atoms with van der Waals surface area (Å²) in [4.78, 5) is 23.5. The Morgan fingerprint density at radius 2 is 1.72 bits per heavy atom. The Morgan fingerprint density at radius 3 is 2.48 bits per heavy atom. The van der Waals surface area contributed by atoms with Gasteiger partial charge in [-0.15, -0.1) is 0 Å². The molecular formula is C23H25N5O. The molecule has 0 unspecified atom stereocenters. The summed E-state index contributed by atoms with van der Waals surface area (Å²) < 4.78 is 0. The van der Waals surface area contributed by atoms with Crippen LogP contribution in [0.3, 0.4) is 0 Å². The lowest BCUT2D eigenvalue weighted by atomic mass is 10.1. The van der Waals surface area contributed by atoms with Crippen LogP contribution >= 0.6 is 0 Å². The van der Waals surface area contributed by atoms with Gasteiger partial charge in [-0.2, -0.15) is 0 Å². The van der Waals surface area contributed by atoms with Crippen LogP contribution in [0, 0.1) is 0 Å². The average molecular weight is 387 g/mol. The summed E-state index contributed by atoms with van der Waals surface area (Å²) in [6.45, 7) is 2.80. The minimum absolute atomic E-state index is 0.225. The van der Waals surface area contributed by atoms with Crippen LogP contribution < -0.4 is 15.5 Å². The zero-order valence-corrected chi connectivity index (χ0v) is 16.3. The molecule has 0 saturated carbocycles. The van der Waals surface area contributed by atoms with Gasteiger partial charge in [-0.1, -0.05) is 6.07 Å². The standard InChI is InChI=1S/C23H25N5O/c29-23(27-18-7-9-21(10-8-18)28-14-4-1-5-15-28)22-16-19(11-13-25-22)26-17-20-6-2-3-12-24-20/h2-3,6-13,16H,1,4-5,14-15,17H2,(H,25,26)(H,27,29). The van der Waals surface area contributed by atoms with E-state index in [0.717, 1.165) is 30.2 Å². The molecule has 0 bridgehead atoms. The molecular weight excluding hydrogens is 362 g/mol. The predicted octanol–water partition coefficient (Wildman–Crippen LogP) is 4.33. The summed E-state index contributed by atoms with van der Waals surface area (Å²) in [6, 6.07) is 17.4. The van der Waals surface area contributed by atoms with Gasteiger partial charge in [0, 0.05) is 42.5 Å². The van der Waals surface area contributed by atoms with E-state index in [1.807, 2.05) is 36.4 Å². The van der Waals surface area contributed by atoms with E-state index in [1.54, 1.807) is 18.5 Å². The number of nitrogens with zero attached hydrogens (tertiary/aromatic N) is 3. The number of piperidine rings is 1. The van der Waals surface area contributed by atoms with Crippen molar-refractivity contribution in [2.45, 2.75) is 25.8 Å². The summed E-state index contributed by atoms with van der Waals surface area (Å²) in [7, 11) is 0. The smallest absolute Gasteiger partial charge is 0.274 e. The highest BCUT2D eigenvalue weighted by Gasteiger charge is 2.12. The van der Waals surface area contributed by atoms with Crippen molar-refractivity contribution in [3.8, 4) is 0 Å². The number of anilines is 3. The van der Waals surface area contributed by atoms with Crippen LogP contribution in [-0.2, 0) is 6.54 Å². The fourth-order valence-electron chi connectivity index (χ4n) is 3.46. The van der Waals surface area contributed by atoms with Gasteiger partial charge in [0.2, 0.25) is 0 Å². The van der Waals surface area contributed by atoms with Crippen LogP contribution in [0.2, 0.25) is 0 Å². The first-order valence-electron chi connectivity index (χ1n) is 10.0. The second-order valence-electron chi connectivity index (χ2n) is 7.15. The number of hydrogen-bond donors (Lipinski definition) is 2. The highest BCUT2D eigenvalue weighted by Crippen LogP contribution is 2.22. The Bertz CT molecular complexity index is 937. The van der Waals surface area contributed by atoms with Gasteiger partial charge in [0.25, 0.3) is 5.91 Å². The van der Waals surface area contributed by atoms with Gasteiger partial charge in [-0.05, 0) is 67.8 Å². The molecule has 0 aliphatic carbocycles. The zero-order valence-electron chi connectivity index (χ0n) is 16.3. The van der Waals surface area contributed by atoms with E-state index in [-0.39, 0.29) is 5.91 Å². The molecule has 0 spiro atoms. The fraction of sp³-hybridized carbons (Fsp3) is 0.261. The normalized spacial score (nSPS) is 13.7. The predicted molar refractivity (Wildman–Crippen MR) is 116 cm³/mol. The van der Waals surface area contributed by atoms with Crippen LogP contribution in [0.4, 0.5) is 17.1 Å². The van der Waals surface area contributed by atoms with Gasteiger partial charge in [-0.25, -0.2) is 0 Å². The number of nitrogens with one attached hydrogen (secondary N) is 2. The lowest BCUT2D eigenvalue weighted by Crippen LogP contribution is -2.29. The van der Waals surface area contributed by atoms with Crippen molar-refractivity contribution >= 4 is 23.0 Å². The summed E-state index contributed by atoms with van der Waals surface area (Å²) in [5.74, 6) is -0.225. The first kappa shape index (κ1) is 18.9. The van der Waals surface area contributed by atoms with Crippen molar-refractivity contribution in [1.82, 2.24) is 9.97 Å². The molecule has 6 nitrogen and oxygen atoms in total. The molecule has 148 valence electrons. The number of hydrogen-bond acceptors (Lipinski definition) is 5. The van der Waals surface area contributed by atoms with E-state index >= 15 is 0 Å². The van der Waals surface area contributed by atoms with E-state index < -0.39 is 0 Å². The molecule has 4 rings (SSSR count). The molecule has 2 aromatic heterocycles. The lowest BCUT2D eigenvalue weighted by molar-refractivity contribution is 0.102. The molecule has 0 atom stereocenters. The summed E-state index contributed by atoms with van der Waals surface area (Å²) in [6.07, 6.45) is 7.20. The Kier molecular flexibility index (Phi) is 6.00. The highest BCUT2D eigenvalue weighted by atomic mass is 16.1. The highest BCUT2D eigenvalue weighted by molar-refractivity contribution is 6.03. The molecule has 6 heteroatoms. The maximum Gasteiger partial charge on any atom is 0.274 e. The number of aromatic nitrogens is 2. The topological polar surface area (TPSA) is 70.2 Å². The number of carbonyl (C=O) groups excluding carboxylic acids is 1. The van der Waals surface area contributed by atoms with Crippen molar-refractivity contribution in [1.29, 1.82) is 0 Å². The van der Waals surface area contributed by atoms with Gasteiger partial charge >= 0.3 is 0 Å². The van der Waals surface area contributed by atoms with Crippen molar-refractivity contribution in [3.05, 3.63) is 78.4 Å². The monoisotopic (exact) mass is 387 g/mol. The Balaban J connectivity index is 1.36. The van der Waals surface area contributed by atoms with E-state index in [1.165, 1.54) is 24.9 Å². The third-order valence-electron chi connectivity index (χ3n) is 5.04. The zero-order chi connectivity index (χ0) is 19.9. The van der Waals surface area contributed by atoms with Crippen molar-refractivity contribution < 1.29 is 4.79 Å². The largest absolute Gasteiger partial charge is 0.379 e. The van der Waals surface area contributed by atoms with E-state index in [9.17, 15) is 4.79 Å². The fourth-order valence-corrected chi connectivity index (χ4v) is 3.46. The molecule has 3 aromatic rings. The summed E-state index contributed by atoms with van der Waals surface area (Å²) in [5.41, 5.74) is 4.11. The summed E-state index contributed by atoms with van der Waals surface area (Å²) >= 11 is 0. The van der Waals surface area contributed by atoms with Crippen LogP contribution in [0.1, 0.15) is 35.4 Å². The molecule has 29 heavy (non-hydrogen) atoms. The number of benzene rings is 1. The van der Waals surface area contributed by atoms with Gasteiger partial charge in [0.1, 0.15) is 5.69 Å². The first-order valence-corrected chi connectivity index (χ1v) is 10.0. The summed E-state index contributed by atoms with van der Waals surface area (Å²) in [5, 5.41) is 6.21. The number of amides is 1. The number of pyridine rings is 2. The van der Waals surface area contributed by atoms with Gasteiger partial charge in [0.05, 0.1) is 12.2 Å². The molecule has 1 saturated heterocycles. The maximum atomic E-state index is 12.6. The minimum atomic E-state index is -0.225. The molecule has 2 N–H and O–H groups in total. The second kappa shape index (κ2) is 9.19. The Labute approximate surface area is 171 Å². The first-order chi connectivity index (χ1) is 14.3. The third kappa shape index (κ3) is 5.10. The van der Waals surface area contributed by atoms with Crippen LogP contribution in [0.25, 0.3) is 0 Å². The van der Waals surface area contributed by atoms with Crippen molar-refractivity contribution in [2.75, 3.05) is 28.6 Å². The molecule has 3 heterocycles. The molecule has 1 aromatic carbocycles. The van der Waals surface area contributed by atoms with Crippen LogP contribution in [0.5, 0.6) is 0 Å². The van der Waals surface area contributed by atoms with Crippen LogP contribution in [0.15, 0.2) is 67.0 Å². The van der Waals surface area contributed by atoms with Gasteiger partial charge in [-0.3, -0.25) is 14.8 Å². The Hall–Kier alpha value is -3.41. The molecule has 1 amide bonds. The Morgan fingerprint density at radius 1 is 0.897 bits per heavy atom. The number of carbonyl (C=O) groups is 1. The average Bonchev–Trinajstić information content (AvgIpc) is 2.80. The molecule has 1 fully saturated rings. The minimum Gasteiger partial charge on any atom is -0.379 e. The number of rotatable bonds is 6. The third-order valence-corrected chi connectivity index (χ3v) is 5.04. The SMILES string of the molecule is O=C(Nc1ccc(N2CCCCC2)cc1)c1cc(NCc2ccccn2)ccn1. The lowest BCUT2D eigenvalue weighted by Gasteiger charge is -2.28.